The Morgan fingerprint density at radius 1 is 1.47 bits per heavy atom. The van der Waals surface area contributed by atoms with Crippen LogP contribution in [0.4, 0.5) is 0 Å². The van der Waals surface area contributed by atoms with Crippen LogP contribution in [0.1, 0.15) is 9.80 Å². The van der Waals surface area contributed by atoms with E-state index in [9.17, 15) is 14.7 Å². The van der Waals surface area contributed by atoms with Gasteiger partial charge in [0.1, 0.15) is 11.8 Å². The number of aromatic nitrogens is 1. The Labute approximate surface area is 117 Å². The maximum Gasteiger partial charge on any atom is 0.327 e. The first kappa shape index (κ1) is 13.6. The predicted molar refractivity (Wildman–Crippen MR) is 74.0 cm³/mol. The molecule has 0 radical (unpaired) electrons. The number of phenols is 1. The molecule has 0 aliphatic carbocycles. The fourth-order valence-corrected chi connectivity index (χ4v) is 2.57. The molecule has 100 valence electrons. The number of carbonyl (C=O) groups is 2. The van der Waals surface area contributed by atoms with Crippen molar-refractivity contribution in [1.29, 1.82) is 0 Å². The number of benzene rings is 1. The highest BCUT2D eigenvalue weighted by Gasteiger charge is 2.21. The number of hydrogen-bond acceptors (Lipinski definition) is 6. The number of thiol groups is 1. The van der Waals surface area contributed by atoms with Gasteiger partial charge in [-0.2, -0.15) is 12.6 Å². The van der Waals surface area contributed by atoms with Gasteiger partial charge in [-0.05, 0) is 18.2 Å². The molecule has 2 aromatic rings. The molecule has 1 aromatic carbocycles. The standard InChI is InChI=1S/C11H10N2O4S2/c14-5-1-2-6-8(3-5)19-10(13-6)9(15)12-7(4-18)11(16)17/h1-3,7,14,18H,4H2,(H,12,15)(H,16,17)/t7-/m0/s1. The van der Waals surface area contributed by atoms with Crippen molar-refractivity contribution in [1.82, 2.24) is 10.3 Å². The first-order valence-corrected chi connectivity index (χ1v) is 6.70. The second-order valence-electron chi connectivity index (χ2n) is 3.72. The van der Waals surface area contributed by atoms with Crippen molar-refractivity contribution in [3.8, 4) is 5.75 Å². The summed E-state index contributed by atoms with van der Waals surface area (Å²) in [5, 5.41) is 20.6. The lowest BCUT2D eigenvalue weighted by Crippen LogP contribution is -2.42. The minimum Gasteiger partial charge on any atom is -0.508 e. The summed E-state index contributed by atoms with van der Waals surface area (Å²) >= 11 is 4.94. The molecule has 0 spiro atoms. The third kappa shape index (κ3) is 2.96. The van der Waals surface area contributed by atoms with Gasteiger partial charge in [0.25, 0.3) is 5.91 Å². The van der Waals surface area contributed by atoms with Crippen molar-refractivity contribution < 1.29 is 19.8 Å². The Hall–Kier alpha value is -1.80. The van der Waals surface area contributed by atoms with E-state index in [1.54, 1.807) is 6.07 Å². The Balaban J connectivity index is 2.24. The molecule has 19 heavy (non-hydrogen) atoms. The summed E-state index contributed by atoms with van der Waals surface area (Å²) in [5.41, 5.74) is 0.575. The van der Waals surface area contributed by atoms with Crippen molar-refractivity contribution >= 4 is 46.1 Å². The van der Waals surface area contributed by atoms with Gasteiger partial charge in [0.15, 0.2) is 5.01 Å². The molecular formula is C11H10N2O4S2. The summed E-state index contributed by atoms with van der Waals surface area (Å²) in [6, 6.07) is 3.50. The highest BCUT2D eigenvalue weighted by Crippen LogP contribution is 2.25. The lowest BCUT2D eigenvalue weighted by Gasteiger charge is -2.09. The molecule has 0 bridgehead atoms. The smallest absolute Gasteiger partial charge is 0.327 e. The van der Waals surface area contributed by atoms with Gasteiger partial charge in [-0.3, -0.25) is 4.79 Å². The molecule has 0 aliphatic rings. The highest BCUT2D eigenvalue weighted by molar-refractivity contribution is 7.80. The van der Waals surface area contributed by atoms with Crippen molar-refractivity contribution in [3.63, 3.8) is 0 Å². The number of phenolic OH excluding ortho intramolecular Hbond substituents is 1. The van der Waals surface area contributed by atoms with E-state index >= 15 is 0 Å². The number of carbonyl (C=O) groups excluding carboxylic acids is 1. The zero-order valence-corrected chi connectivity index (χ0v) is 11.2. The van der Waals surface area contributed by atoms with Crippen molar-refractivity contribution in [2.75, 3.05) is 5.75 Å². The van der Waals surface area contributed by atoms with Crippen LogP contribution in [0.15, 0.2) is 18.2 Å². The van der Waals surface area contributed by atoms with E-state index in [1.165, 1.54) is 12.1 Å². The highest BCUT2D eigenvalue weighted by atomic mass is 32.1. The monoisotopic (exact) mass is 298 g/mol. The molecule has 1 atom stereocenters. The van der Waals surface area contributed by atoms with Gasteiger partial charge in [0, 0.05) is 5.75 Å². The third-order valence-corrected chi connectivity index (χ3v) is 3.73. The lowest BCUT2D eigenvalue weighted by molar-refractivity contribution is -0.138. The molecule has 0 saturated carbocycles. The normalized spacial score (nSPS) is 12.3. The van der Waals surface area contributed by atoms with Crippen LogP contribution >= 0.6 is 24.0 Å². The number of nitrogens with zero attached hydrogens (tertiary/aromatic N) is 1. The number of carboxylic acids is 1. The van der Waals surface area contributed by atoms with E-state index in [0.29, 0.717) is 10.2 Å². The minimum atomic E-state index is -1.15. The predicted octanol–water partition coefficient (Wildman–Crippen LogP) is 1.11. The molecule has 3 N–H and O–H groups in total. The Kier molecular flexibility index (Phi) is 3.91. The van der Waals surface area contributed by atoms with Crippen LogP contribution in [-0.2, 0) is 4.79 Å². The first-order chi connectivity index (χ1) is 9.01. The number of nitrogens with one attached hydrogen (secondary N) is 1. The summed E-state index contributed by atoms with van der Waals surface area (Å²) in [4.78, 5) is 26.7. The summed E-state index contributed by atoms with van der Waals surface area (Å²) in [5.74, 6) is -1.64. The second kappa shape index (κ2) is 5.45. The van der Waals surface area contributed by atoms with Crippen molar-refractivity contribution in [2.24, 2.45) is 0 Å². The number of thiazole rings is 1. The number of hydrogen-bond donors (Lipinski definition) is 4. The van der Waals surface area contributed by atoms with E-state index < -0.39 is 17.9 Å². The van der Waals surface area contributed by atoms with E-state index in [2.05, 4.69) is 22.9 Å². The van der Waals surface area contributed by atoms with Gasteiger partial charge in [-0.25, -0.2) is 9.78 Å². The van der Waals surface area contributed by atoms with Gasteiger partial charge in [-0.1, -0.05) is 0 Å². The van der Waals surface area contributed by atoms with Gasteiger partial charge >= 0.3 is 5.97 Å². The van der Waals surface area contributed by atoms with Crippen LogP contribution in [0.5, 0.6) is 5.75 Å². The first-order valence-electron chi connectivity index (χ1n) is 5.25. The fourth-order valence-electron chi connectivity index (χ4n) is 1.42. The van der Waals surface area contributed by atoms with Gasteiger partial charge in [0.05, 0.1) is 10.2 Å². The van der Waals surface area contributed by atoms with Crippen LogP contribution in [0.2, 0.25) is 0 Å². The van der Waals surface area contributed by atoms with Crippen LogP contribution in [-0.4, -0.2) is 38.9 Å². The maximum absolute atomic E-state index is 11.9. The SMILES string of the molecule is O=C(N[C@@H](CS)C(=O)O)c1nc2ccc(O)cc2s1. The molecule has 1 amide bonds. The minimum absolute atomic E-state index is 0.00719. The quantitative estimate of drug-likeness (QED) is 0.634. The molecule has 1 heterocycles. The molecule has 1 aromatic heterocycles. The van der Waals surface area contributed by atoms with Gasteiger partial charge in [0.2, 0.25) is 0 Å². The maximum atomic E-state index is 11.9. The Morgan fingerprint density at radius 3 is 2.84 bits per heavy atom. The van der Waals surface area contributed by atoms with Crippen LogP contribution in [0.3, 0.4) is 0 Å². The molecular weight excluding hydrogens is 288 g/mol. The van der Waals surface area contributed by atoms with Crippen molar-refractivity contribution in [2.45, 2.75) is 6.04 Å². The molecule has 0 fully saturated rings. The second-order valence-corrected chi connectivity index (χ2v) is 5.11. The number of amides is 1. The third-order valence-electron chi connectivity index (χ3n) is 2.35. The van der Waals surface area contributed by atoms with Crippen LogP contribution in [0, 0.1) is 0 Å². The number of aliphatic carboxylic acids is 1. The zero-order chi connectivity index (χ0) is 14.0. The number of fused-ring (bicyclic) bond motifs is 1. The summed E-state index contributed by atoms with van der Waals surface area (Å²) in [6.45, 7) is 0. The van der Waals surface area contributed by atoms with E-state index in [-0.39, 0.29) is 16.5 Å². The topological polar surface area (TPSA) is 99.5 Å². The van der Waals surface area contributed by atoms with Crippen LogP contribution in [0.25, 0.3) is 10.2 Å². The van der Waals surface area contributed by atoms with E-state index in [1.807, 2.05) is 0 Å². The molecule has 0 unspecified atom stereocenters. The van der Waals surface area contributed by atoms with Gasteiger partial charge < -0.3 is 15.5 Å². The number of aromatic hydroxyl groups is 1. The van der Waals surface area contributed by atoms with Crippen LogP contribution < -0.4 is 5.32 Å². The molecule has 0 saturated heterocycles. The largest absolute Gasteiger partial charge is 0.508 e. The number of carboxylic acid groups (broad SMARTS) is 1. The summed E-state index contributed by atoms with van der Waals surface area (Å²) in [6.07, 6.45) is 0. The van der Waals surface area contributed by atoms with Gasteiger partial charge in [-0.15, -0.1) is 11.3 Å². The average molecular weight is 298 g/mol. The average Bonchev–Trinajstić information content (AvgIpc) is 2.78. The number of rotatable bonds is 4. The Bertz CT molecular complexity index is 641. The molecule has 2 rings (SSSR count). The van der Waals surface area contributed by atoms with E-state index in [0.717, 1.165) is 11.3 Å². The van der Waals surface area contributed by atoms with E-state index in [4.69, 9.17) is 5.11 Å². The molecule has 6 nitrogen and oxygen atoms in total. The summed E-state index contributed by atoms with van der Waals surface area (Å²) < 4.78 is 0.655. The zero-order valence-electron chi connectivity index (χ0n) is 9.53. The Morgan fingerprint density at radius 2 is 2.21 bits per heavy atom. The fraction of sp³-hybridized carbons (Fsp3) is 0.182. The van der Waals surface area contributed by atoms with Crippen molar-refractivity contribution in [3.05, 3.63) is 23.2 Å². The molecule has 8 heteroatoms. The molecule has 0 aliphatic heterocycles. The lowest BCUT2D eigenvalue weighted by atomic mass is 10.3. The summed E-state index contributed by atoms with van der Waals surface area (Å²) in [7, 11) is 0.